The number of anilines is 1. The van der Waals surface area contributed by atoms with Crippen LogP contribution in [0.3, 0.4) is 0 Å². The molecule has 0 saturated carbocycles. The van der Waals surface area contributed by atoms with Crippen LogP contribution in [0, 0.1) is 18.3 Å². The molecule has 0 saturated heterocycles. The maximum atomic E-state index is 11.3. The third-order valence-corrected chi connectivity index (χ3v) is 2.63. The highest BCUT2D eigenvalue weighted by Gasteiger charge is 2.28. The molecule has 4 N–H and O–H groups in total. The number of primary amides is 1. The largest absolute Gasteiger partial charge is 0.398 e. The van der Waals surface area contributed by atoms with Gasteiger partial charge in [0, 0.05) is 16.8 Å². The zero-order valence-electron chi connectivity index (χ0n) is 9.66. The third kappa shape index (κ3) is 1.84. The number of amides is 1. The summed E-state index contributed by atoms with van der Waals surface area (Å²) in [7, 11) is 0. The molecule has 0 fully saturated rings. The van der Waals surface area contributed by atoms with Crippen molar-refractivity contribution in [2.45, 2.75) is 26.2 Å². The van der Waals surface area contributed by atoms with Gasteiger partial charge in [0.1, 0.15) is 0 Å². The van der Waals surface area contributed by atoms with Crippen LogP contribution in [0.25, 0.3) is 0 Å². The fourth-order valence-electron chi connectivity index (χ4n) is 1.66. The lowest BCUT2D eigenvalue weighted by Crippen LogP contribution is -2.24. The Morgan fingerprint density at radius 2 is 2.00 bits per heavy atom. The Morgan fingerprint density at radius 3 is 2.44 bits per heavy atom. The van der Waals surface area contributed by atoms with Crippen LogP contribution in [0.4, 0.5) is 5.69 Å². The van der Waals surface area contributed by atoms with E-state index in [1.54, 1.807) is 26.0 Å². The third-order valence-electron chi connectivity index (χ3n) is 2.63. The van der Waals surface area contributed by atoms with Gasteiger partial charge in [0.15, 0.2) is 0 Å². The van der Waals surface area contributed by atoms with Crippen LogP contribution >= 0.6 is 0 Å². The van der Waals surface area contributed by atoms with Crippen molar-refractivity contribution in [2.75, 3.05) is 5.73 Å². The second kappa shape index (κ2) is 3.86. The fraction of sp³-hybridized carbons (Fsp3) is 0.333. The molecule has 0 aliphatic heterocycles. The molecular formula is C12H15N3O. The van der Waals surface area contributed by atoms with Gasteiger partial charge in [-0.05, 0) is 32.4 Å². The summed E-state index contributed by atoms with van der Waals surface area (Å²) < 4.78 is 0. The van der Waals surface area contributed by atoms with E-state index in [0.29, 0.717) is 16.8 Å². The van der Waals surface area contributed by atoms with Gasteiger partial charge < -0.3 is 11.5 Å². The van der Waals surface area contributed by atoms with Crippen molar-refractivity contribution in [3.8, 4) is 6.07 Å². The summed E-state index contributed by atoms with van der Waals surface area (Å²) in [5.74, 6) is -0.565. The van der Waals surface area contributed by atoms with E-state index in [9.17, 15) is 4.79 Å². The number of rotatable bonds is 2. The van der Waals surface area contributed by atoms with Crippen molar-refractivity contribution in [3.05, 3.63) is 28.8 Å². The molecule has 84 valence electrons. The van der Waals surface area contributed by atoms with Crippen LogP contribution in [0.5, 0.6) is 0 Å². The number of benzene rings is 1. The van der Waals surface area contributed by atoms with Crippen LogP contribution in [0.2, 0.25) is 0 Å². The van der Waals surface area contributed by atoms with E-state index >= 15 is 0 Å². The van der Waals surface area contributed by atoms with E-state index in [-0.39, 0.29) is 0 Å². The minimum atomic E-state index is -0.833. The summed E-state index contributed by atoms with van der Waals surface area (Å²) in [6, 6.07) is 5.48. The van der Waals surface area contributed by atoms with Crippen molar-refractivity contribution in [3.63, 3.8) is 0 Å². The van der Waals surface area contributed by atoms with E-state index in [4.69, 9.17) is 16.7 Å². The molecule has 0 aliphatic rings. The second-order valence-corrected chi connectivity index (χ2v) is 4.32. The highest BCUT2D eigenvalue weighted by atomic mass is 16.1. The predicted octanol–water partition coefficient (Wildman–Crippen LogP) is 1.48. The Bertz CT molecular complexity index is 484. The van der Waals surface area contributed by atoms with Gasteiger partial charge in [-0.25, -0.2) is 0 Å². The molecule has 0 aliphatic carbocycles. The number of nitrogen functional groups attached to an aromatic ring is 1. The van der Waals surface area contributed by atoms with Crippen molar-refractivity contribution >= 4 is 11.6 Å². The molecule has 4 heteroatoms. The van der Waals surface area contributed by atoms with Gasteiger partial charge in [-0.3, -0.25) is 4.79 Å². The first-order valence-electron chi connectivity index (χ1n) is 4.92. The molecule has 0 bridgehead atoms. The molecule has 1 rings (SSSR count). The number of hydrogen-bond donors (Lipinski definition) is 2. The highest BCUT2D eigenvalue weighted by Crippen LogP contribution is 2.32. The van der Waals surface area contributed by atoms with Gasteiger partial charge in [-0.2, -0.15) is 5.26 Å². The van der Waals surface area contributed by atoms with E-state index < -0.39 is 11.3 Å². The quantitative estimate of drug-likeness (QED) is 0.735. The minimum Gasteiger partial charge on any atom is -0.398 e. The predicted molar refractivity (Wildman–Crippen MR) is 62.7 cm³/mol. The molecule has 1 aromatic carbocycles. The van der Waals surface area contributed by atoms with Crippen molar-refractivity contribution in [2.24, 2.45) is 5.73 Å². The molecule has 0 radical (unpaired) electrons. The minimum absolute atomic E-state index is 0.314. The molecule has 0 heterocycles. The van der Waals surface area contributed by atoms with Crippen LogP contribution in [0.15, 0.2) is 12.1 Å². The standard InChI is InChI=1S/C12H15N3O/c1-7-4-5-8(11(15)16)9(10(7)14)12(2,3)6-13/h4-5H,14H2,1-3H3,(H2,15,16). The van der Waals surface area contributed by atoms with E-state index in [1.165, 1.54) is 0 Å². The van der Waals surface area contributed by atoms with Gasteiger partial charge in [-0.1, -0.05) is 6.07 Å². The molecular weight excluding hydrogens is 202 g/mol. The first-order chi connectivity index (χ1) is 7.31. The zero-order valence-corrected chi connectivity index (χ0v) is 9.66. The second-order valence-electron chi connectivity index (χ2n) is 4.32. The van der Waals surface area contributed by atoms with Crippen LogP contribution in [-0.4, -0.2) is 5.91 Å². The SMILES string of the molecule is Cc1ccc(C(N)=O)c(C(C)(C)C#N)c1N. The highest BCUT2D eigenvalue weighted by molar-refractivity contribution is 5.96. The lowest BCUT2D eigenvalue weighted by molar-refractivity contribution is 0.0998. The summed E-state index contributed by atoms with van der Waals surface area (Å²) in [5, 5.41) is 9.11. The normalized spacial score (nSPS) is 10.9. The fourth-order valence-corrected chi connectivity index (χ4v) is 1.66. The summed E-state index contributed by atoms with van der Waals surface area (Å²) in [5.41, 5.74) is 12.5. The molecule has 1 amide bonds. The maximum absolute atomic E-state index is 11.3. The van der Waals surface area contributed by atoms with E-state index in [2.05, 4.69) is 6.07 Å². The summed E-state index contributed by atoms with van der Waals surface area (Å²) in [6.07, 6.45) is 0. The average Bonchev–Trinajstić information content (AvgIpc) is 2.21. The summed E-state index contributed by atoms with van der Waals surface area (Å²) in [6.45, 7) is 5.26. The zero-order chi connectivity index (χ0) is 12.5. The molecule has 0 atom stereocenters. The molecule has 4 nitrogen and oxygen atoms in total. The van der Waals surface area contributed by atoms with Gasteiger partial charge in [-0.15, -0.1) is 0 Å². The van der Waals surface area contributed by atoms with Gasteiger partial charge >= 0.3 is 0 Å². The summed E-state index contributed by atoms with van der Waals surface area (Å²) >= 11 is 0. The number of carbonyl (C=O) groups is 1. The Balaban J connectivity index is 3.64. The maximum Gasteiger partial charge on any atom is 0.249 e. The van der Waals surface area contributed by atoms with E-state index in [0.717, 1.165) is 5.56 Å². The van der Waals surface area contributed by atoms with Crippen LogP contribution in [-0.2, 0) is 5.41 Å². The number of nitrogens with zero attached hydrogens (tertiary/aromatic N) is 1. The van der Waals surface area contributed by atoms with Gasteiger partial charge in [0.2, 0.25) is 5.91 Å². The van der Waals surface area contributed by atoms with Crippen LogP contribution < -0.4 is 11.5 Å². The Labute approximate surface area is 94.9 Å². The number of aryl methyl sites for hydroxylation is 1. The first kappa shape index (κ1) is 12.1. The number of carbonyl (C=O) groups excluding carboxylic acids is 1. The monoisotopic (exact) mass is 217 g/mol. The first-order valence-corrected chi connectivity index (χ1v) is 4.92. The lowest BCUT2D eigenvalue weighted by Gasteiger charge is -2.22. The van der Waals surface area contributed by atoms with Crippen molar-refractivity contribution in [1.29, 1.82) is 5.26 Å². The number of hydrogen-bond acceptors (Lipinski definition) is 3. The number of nitrogens with two attached hydrogens (primary N) is 2. The van der Waals surface area contributed by atoms with Crippen LogP contribution in [0.1, 0.15) is 35.3 Å². The Morgan fingerprint density at radius 1 is 1.44 bits per heavy atom. The molecule has 1 aromatic rings. The Kier molecular flexibility index (Phi) is 2.90. The number of nitriles is 1. The lowest BCUT2D eigenvalue weighted by atomic mass is 9.80. The van der Waals surface area contributed by atoms with Gasteiger partial charge in [0.05, 0.1) is 11.5 Å². The molecule has 0 spiro atoms. The average molecular weight is 217 g/mol. The Hall–Kier alpha value is -2.02. The smallest absolute Gasteiger partial charge is 0.249 e. The van der Waals surface area contributed by atoms with Crippen molar-refractivity contribution < 1.29 is 4.79 Å². The van der Waals surface area contributed by atoms with E-state index in [1.807, 2.05) is 6.92 Å². The molecule has 16 heavy (non-hydrogen) atoms. The molecule has 0 unspecified atom stereocenters. The molecule has 0 aromatic heterocycles. The van der Waals surface area contributed by atoms with Crippen molar-refractivity contribution in [1.82, 2.24) is 0 Å². The summed E-state index contributed by atoms with van der Waals surface area (Å²) in [4.78, 5) is 11.3. The van der Waals surface area contributed by atoms with Gasteiger partial charge in [0.25, 0.3) is 0 Å². The topological polar surface area (TPSA) is 92.9 Å².